The van der Waals surface area contributed by atoms with Crippen LogP contribution >= 0.6 is 15.9 Å². The summed E-state index contributed by atoms with van der Waals surface area (Å²) in [4.78, 5) is 11.0. The Hall–Kier alpha value is -1.16. The molecule has 7 nitrogen and oxygen atoms in total. The van der Waals surface area contributed by atoms with Gasteiger partial charge in [0.2, 0.25) is 0 Å². The van der Waals surface area contributed by atoms with E-state index >= 15 is 0 Å². The van der Waals surface area contributed by atoms with E-state index in [1.165, 1.54) is 22.5 Å². The van der Waals surface area contributed by atoms with Gasteiger partial charge in [-0.1, -0.05) is 6.07 Å². The van der Waals surface area contributed by atoms with Gasteiger partial charge in [0.25, 0.3) is 0 Å². The highest BCUT2D eigenvalue weighted by atomic mass is 79.9. The molecule has 0 amide bonds. The molecule has 1 aromatic rings. The molecule has 0 spiro atoms. The standard InChI is InChI=1S/C11H13BrN2O5S/c12-10-8(11(15)16)2-1-3-9(10)13-20(17,18)14-4-6-19-7-5-14/h1-3,13H,4-7H2,(H,15,16). The fourth-order valence-electron chi connectivity index (χ4n) is 1.77. The molecule has 0 bridgehead atoms. The van der Waals surface area contributed by atoms with Crippen molar-refractivity contribution < 1.29 is 23.1 Å². The van der Waals surface area contributed by atoms with Gasteiger partial charge in [0.1, 0.15) is 0 Å². The van der Waals surface area contributed by atoms with Crippen molar-refractivity contribution in [2.45, 2.75) is 0 Å². The van der Waals surface area contributed by atoms with Crippen molar-refractivity contribution in [2.24, 2.45) is 0 Å². The average Bonchev–Trinajstić information content (AvgIpc) is 2.41. The molecule has 0 aromatic heterocycles. The number of carboxylic acid groups (broad SMARTS) is 1. The molecule has 20 heavy (non-hydrogen) atoms. The van der Waals surface area contributed by atoms with Crippen LogP contribution in [0.2, 0.25) is 0 Å². The normalized spacial score (nSPS) is 16.9. The Labute approximate surface area is 124 Å². The molecule has 1 saturated heterocycles. The van der Waals surface area contributed by atoms with Gasteiger partial charge in [-0.05, 0) is 28.1 Å². The fourth-order valence-corrected chi connectivity index (χ4v) is 3.64. The van der Waals surface area contributed by atoms with Crippen LogP contribution in [0.15, 0.2) is 22.7 Å². The van der Waals surface area contributed by atoms with E-state index in [2.05, 4.69) is 20.7 Å². The molecule has 0 atom stereocenters. The lowest BCUT2D eigenvalue weighted by molar-refractivity contribution is 0.0696. The molecule has 2 rings (SSSR count). The van der Waals surface area contributed by atoms with Gasteiger partial charge in [0, 0.05) is 13.1 Å². The van der Waals surface area contributed by atoms with E-state index in [0.717, 1.165) is 0 Å². The number of carboxylic acids is 1. The van der Waals surface area contributed by atoms with Crippen LogP contribution in [0.4, 0.5) is 5.69 Å². The highest BCUT2D eigenvalue weighted by molar-refractivity contribution is 9.10. The zero-order valence-electron chi connectivity index (χ0n) is 10.4. The quantitative estimate of drug-likeness (QED) is 0.834. The second-order valence-corrected chi connectivity index (χ2v) is 6.55. The number of hydrogen-bond acceptors (Lipinski definition) is 4. The van der Waals surface area contributed by atoms with E-state index in [4.69, 9.17) is 9.84 Å². The van der Waals surface area contributed by atoms with Crippen molar-refractivity contribution in [2.75, 3.05) is 31.0 Å². The van der Waals surface area contributed by atoms with Gasteiger partial charge in [-0.3, -0.25) is 4.72 Å². The van der Waals surface area contributed by atoms with Crippen molar-refractivity contribution in [1.82, 2.24) is 4.31 Å². The topological polar surface area (TPSA) is 95.9 Å². The zero-order chi connectivity index (χ0) is 14.8. The maximum atomic E-state index is 12.2. The number of carbonyl (C=O) groups is 1. The van der Waals surface area contributed by atoms with Gasteiger partial charge >= 0.3 is 16.2 Å². The number of nitrogens with one attached hydrogen (secondary N) is 1. The van der Waals surface area contributed by atoms with E-state index in [1.54, 1.807) is 0 Å². The number of benzene rings is 1. The maximum Gasteiger partial charge on any atom is 0.336 e. The van der Waals surface area contributed by atoms with Crippen LogP contribution in [-0.4, -0.2) is 50.1 Å². The first-order chi connectivity index (χ1) is 9.42. The maximum absolute atomic E-state index is 12.2. The Kier molecular flexibility index (Phi) is 4.63. The first-order valence-corrected chi connectivity index (χ1v) is 8.02. The molecular weight excluding hydrogens is 352 g/mol. The van der Waals surface area contributed by atoms with Crippen LogP contribution in [0.3, 0.4) is 0 Å². The summed E-state index contributed by atoms with van der Waals surface area (Å²) in [6.45, 7) is 1.23. The molecule has 110 valence electrons. The van der Waals surface area contributed by atoms with Crippen molar-refractivity contribution in [3.8, 4) is 0 Å². The van der Waals surface area contributed by atoms with Crippen LogP contribution < -0.4 is 4.72 Å². The third kappa shape index (κ3) is 3.29. The predicted octanol–water partition coefficient (Wildman–Crippen LogP) is 1.14. The summed E-state index contributed by atoms with van der Waals surface area (Å²) in [6.07, 6.45) is 0. The second kappa shape index (κ2) is 6.08. The number of ether oxygens (including phenoxy) is 1. The molecule has 0 radical (unpaired) electrons. The van der Waals surface area contributed by atoms with Gasteiger partial charge in [-0.25, -0.2) is 4.79 Å². The molecule has 1 aliphatic rings. The fraction of sp³-hybridized carbons (Fsp3) is 0.364. The first-order valence-electron chi connectivity index (χ1n) is 5.79. The molecule has 0 aliphatic carbocycles. The molecule has 1 aromatic carbocycles. The summed E-state index contributed by atoms with van der Waals surface area (Å²) < 4.78 is 33.3. The third-order valence-electron chi connectivity index (χ3n) is 2.78. The minimum absolute atomic E-state index is 0.00724. The largest absolute Gasteiger partial charge is 0.478 e. The van der Waals surface area contributed by atoms with Crippen LogP contribution in [0.1, 0.15) is 10.4 Å². The highest BCUT2D eigenvalue weighted by Crippen LogP contribution is 2.27. The number of aromatic carboxylic acids is 1. The van der Waals surface area contributed by atoms with Crippen molar-refractivity contribution in [1.29, 1.82) is 0 Å². The molecule has 0 unspecified atom stereocenters. The summed E-state index contributed by atoms with van der Waals surface area (Å²) in [5.74, 6) is -1.13. The van der Waals surface area contributed by atoms with E-state index < -0.39 is 16.2 Å². The molecule has 9 heteroatoms. The molecule has 2 N–H and O–H groups in total. The number of morpholine rings is 1. The van der Waals surface area contributed by atoms with Crippen molar-refractivity contribution in [3.05, 3.63) is 28.2 Å². The molecule has 1 fully saturated rings. The smallest absolute Gasteiger partial charge is 0.336 e. The Bertz CT molecular complexity index is 613. The minimum atomic E-state index is -3.72. The van der Waals surface area contributed by atoms with Crippen LogP contribution in [0.5, 0.6) is 0 Å². The van der Waals surface area contributed by atoms with E-state index in [9.17, 15) is 13.2 Å². The number of anilines is 1. The second-order valence-electron chi connectivity index (χ2n) is 4.09. The Morgan fingerprint density at radius 3 is 2.60 bits per heavy atom. The minimum Gasteiger partial charge on any atom is -0.478 e. The van der Waals surface area contributed by atoms with E-state index in [-0.39, 0.29) is 28.8 Å². The highest BCUT2D eigenvalue weighted by Gasteiger charge is 2.25. The van der Waals surface area contributed by atoms with Gasteiger partial charge in [-0.2, -0.15) is 12.7 Å². The third-order valence-corrected chi connectivity index (χ3v) is 5.16. The number of rotatable bonds is 4. The Morgan fingerprint density at radius 1 is 1.35 bits per heavy atom. The number of nitrogens with zero attached hydrogens (tertiary/aromatic N) is 1. The van der Waals surface area contributed by atoms with E-state index in [0.29, 0.717) is 13.2 Å². The van der Waals surface area contributed by atoms with Crippen LogP contribution in [-0.2, 0) is 14.9 Å². The lowest BCUT2D eigenvalue weighted by Crippen LogP contribution is -2.43. The monoisotopic (exact) mass is 364 g/mol. The summed E-state index contributed by atoms with van der Waals surface area (Å²) in [5, 5.41) is 9.00. The van der Waals surface area contributed by atoms with Gasteiger partial charge in [-0.15, -0.1) is 0 Å². The van der Waals surface area contributed by atoms with Gasteiger partial charge < -0.3 is 9.84 Å². The number of halogens is 1. The molecular formula is C11H13BrN2O5S. The summed E-state index contributed by atoms with van der Waals surface area (Å²) in [7, 11) is -3.72. The summed E-state index contributed by atoms with van der Waals surface area (Å²) in [6, 6.07) is 4.36. The molecule has 1 aliphatic heterocycles. The van der Waals surface area contributed by atoms with Crippen molar-refractivity contribution in [3.63, 3.8) is 0 Å². The number of hydrogen-bond donors (Lipinski definition) is 2. The Morgan fingerprint density at radius 2 is 2.00 bits per heavy atom. The molecule has 0 saturated carbocycles. The van der Waals surface area contributed by atoms with Crippen molar-refractivity contribution >= 4 is 37.8 Å². The lowest BCUT2D eigenvalue weighted by atomic mass is 10.2. The van der Waals surface area contributed by atoms with Gasteiger partial charge in [0.05, 0.1) is 28.9 Å². The predicted molar refractivity (Wildman–Crippen MR) is 76.0 cm³/mol. The SMILES string of the molecule is O=C(O)c1cccc(NS(=O)(=O)N2CCOCC2)c1Br. The zero-order valence-corrected chi connectivity index (χ0v) is 12.8. The van der Waals surface area contributed by atoms with E-state index in [1.807, 2.05) is 0 Å². The molecule has 1 heterocycles. The Balaban J connectivity index is 2.25. The van der Waals surface area contributed by atoms with Crippen LogP contribution in [0, 0.1) is 0 Å². The summed E-state index contributed by atoms with van der Waals surface area (Å²) >= 11 is 3.11. The van der Waals surface area contributed by atoms with Gasteiger partial charge in [0.15, 0.2) is 0 Å². The van der Waals surface area contributed by atoms with Crippen LogP contribution in [0.25, 0.3) is 0 Å². The summed E-state index contributed by atoms with van der Waals surface area (Å²) in [5.41, 5.74) is 0.184. The first kappa shape index (κ1) is 15.2. The lowest BCUT2D eigenvalue weighted by Gasteiger charge is -2.26. The average molecular weight is 365 g/mol.